The summed E-state index contributed by atoms with van der Waals surface area (Å²) in [4.78, 5) is 14.9. The quantitative estimate of drug-likeness (QED) is 0.759. The number of halogens is 2. The molecule has 0 bridgehead atoms. The van der Waals surface area contributed by atoms with Crippen LogP contribution in [0, 0.1) is 5.82 Å². The van der Waals surface area contributed by atoms with Crippen molar-refractivity contribution in [2.75, 3.05) is 0 Å². The second-order valence-electron chi connectivity index (χ2n) is 3.61. The van der Waals surface area contributed by atoms with Crippen LogP contribution in [0.25, 0.3) is 11.1 Å². The third-order valence-electron chi connectivity index (χ3n) is 2.43. The van der Waals surface area contributed by atoms with Gasteiger partial charge in [0.1, 0.15) is 5.82 Å². The number of carbonyl (C=O) groups is 1. The van der Waals surface area contributed by atoms with Gasteiger partial charge in [-0.25, -0.2) is 4.39 Å². The second-order valence-corrected chi connectivity index (χ2v) is 4.01. The number of nitrogens with zero attached hydrogens (tertiary/aromatic N) is 1. The molecule has 0 atom stereocenters. The third kappa shape index (κ3) is 2.34. The van der Waals surface area contributed by atoms with E-state index in [-0.39, 0.29) is 5.78 Å². The Kier molecular flexibility index (Phi) is 3.20. The lowest BCUT2D eigenvalue weighted by Crippen LogP contribution is -1.94. The molecule has 1 aromatic heterocycles. The van der Waals surface area contributed by atoms with Gasteiger partial charge in [0.2, 0.25) is 0 Å². The van der Waals surface area contributed by atoms with Crippen molar-refractivity contribution in [3.8, 4) is 11.1 Å². The highest BCUT2D eigenvalue weighted by Crippen LogP contribution is 2.27. The predicted octanol–water partition coefficient (Wildman–Crippen LogP) is 3.74. The van der Waals surface area contributed by atoms with Crippen molar-refractivity contribution in [2.24, 2.45) is 0 Å². The van der Waals surface area contributed by atoms with E-state index in [1.165, 1.54) is 13.1 Å². The van der Waals surface area contributed by atoms with Gasteiger partial charge in [-0.3, -0.25) is 9.78 Å². The molecule has 0 aliphatic rings. The van der Waals surface area contributed by atoms with E-state index in [1.54, 1.807) is 24.3 Å². The number of Topliss-reactive ketones (excluding diaryl/α,β-unsaturated/α-hetero) is 1. The first-order chi connectivity index (χ1) is 8.09. The average molecular weight is 250 g/mol. The molecule has 0 aliphatic heterocycles. The van der Waals surface area contributed by atoms with E-state index in [0.29, 0.717) is 21.7 Å². The maximum atomic E-state index is 13.5. The number of carbonyl (C=O) groups excluding carboxylic acids is 1. The lowest BCUT2D eigenvalue weighted by Gasteiger charge is -2.05. The first-order valence-electron chi connectivity index (χ1n) is 5.00. The fourth-order valence-corrected chi connectivity index (χ4v) is 1.89. The summed E-state index contributed by atoms with van der Waals surface area (Å²) in [6.45, 7) is 1.44. The molecule has 2 nitrogen and oxygen atoms in total. The lowest BCUT2D eigenvalue weighted by molar-refractivity contribution is 0.101. The number of rotatable bonds is 2. The zero-order chi connectivity index (χ0) is 12.4. The largest absolute Gasteiger partial charge is 0.294 e. The Morgan fingerprint density at radius 1 is 1.35 bits per heavy atom. The van der Waals surface area contributed by atoms with Gasteiger partial charge in [-0.15, -0.1) is 0 Å². The first kappa shape index (κ1) is 11.7. The minimum Gasteiger partial charge on any atom is -0.294 e. The molecule has 0 amide bonds. The summed E-state index contributed by atoms with van der Waals surface area (Å²) in [5, 5.41) is 0.325. The van der Waals surface area contributed by atoms with Crippen LogP contribution in [0.15, 0.2) is 36.7 Å². The normalized spacial score (nSPS) is 10.3. The summed E-state index contributed by atoms with van der Waals surface area (Å²) in [5.41, 5.74) is 1.47. The Hall–Kier alpha value is -1.74. The molecule has 0 spiro atoms. The molecular weight excluding hydrogens is 241 g/mol. The van der Waals surface area contributed by atoms with Crippen molar-refractivity contribution in [2.45, 2.75) is 6.92 Å². The third-order valence-corrected chi connectivity index (χ3v) is 2.74. The van der Waals surface area contributed by atoms with Gasteiger partial charge in [-0.1, -0.05) is 17.7 Å². The van der Waals surface area contributed by atoms with E-state index in [9.17, 15) is 9.18 Å². The Morgan fingerprint density at radius 2 is 2.12 bits per heavy atom. The number of aromatic nitrogens is 1. The molecule has 0 unspecified atom stereocenters. The smallest absolute Gasteiger partial charge is 0.161 e. The van der Waals surface area contributed by atoms with Gasteiger partial charge < -0.3 is 0 Å². The highest BCUT2D eigenvalue weighted by atomic mass is 35.5. The van der Waals surface area contributed by atoms with Crippen molar-refractivity contribution in [3.05, 3.63) is 53.1 Å². The van der Waals surface area contributed by atoms with Crippen LogP contribution in [0.3, 0.4) is 0 Å². The Bertz CT molecular complexity index is 583. The molecule has 0 saturated carbocycles. The lowest BCUT2D eigenvalue weighted by atomic mass is 10.0. The van der Waals surface area contributed by atoms with Crippen molar-refractivity contribution < 1.29 is 9.18 Å². The van der Waals surface area contributed by atoms with Gasteiger partial charge in [0, 0.05) is 17.3 Å². The fourth-order valence-electron chi connectivity index (χ4n) is 1.58. The van der Waals surface area contributed by atoms with E-state index in [2.05, 4.69) is 4.98 Å². The Labute approximate surface area is 103 Å². The number of hydrogen-bond acceptors (Lipinski definition) is 2. The summed E-state index contributed by atoms with van der Waals surface area (Å²) in [7, 11) is 0. The molecule has 0 N–H and O–H groups in total. The minimum atomic E-state index is -0.417. The summed E-state index contributed by atoms with van der Waals surface area (Å²) in [6, 6.07) is 6.41. The van der Waals surface area contributed by atoms with Crippen molar-refractivity contribution in [1.29, 1.82) is 0 Å². The van der Waals surface area contributed by atoms with E-state index in [1.807, 2.05) is 0 Å². The summed E-state index contributed by atoms with van der Waals surface area (Å²) in [6.07, 6.45) is 2.65. The van der Waals surface area contributed by atoms with Crippen LogP contribution in [0.5, 0.6) is 0 Å². The van der Waals surface area contributed by atoms with Gasteiger partial charge >= 0.3 is 0 Å². The average Bonchev–Trinajstić information content (AvgIpc) is 2.29. The molecule has 86 valence electrons. The Balaban J connectivity index is 2.52. The molecule has 1 heterocycles. The fraction of sp³-hybridized carbons (Fsp3) is 0.0769. The first-order valence-corrected chi connectivity index (χ1v) is 5.38. The molecule has 4 heteroatoms. The van der Waals surface area contributed by atoms with Crippen LogP contribution in [0.2, 0.25) is 5.02 Å². The minimum absolute atomic E-state index is 0.114. The zero-order valence-electron chi connectivity index (χ0n) is 9.08. The van der Waals surface area contributed by atoms with Crippen molar-refractivity contribution in [1.82, 2.24) is 4.98 Å². The van der Waals surface area contributed by atoms with E-state index < -0.39 is 5.82 Å². The molecule has 1 aromatic carbocycles. The molecule has 0 aliphatic carbocycles. The second kappa shape index (κ2) is 4.63. The maximum absolute atomic E-state index is 13.5. The van der Waals surface area contributed by atoms with Crippen LogP contribution in [0.4, 0.5) is 4.39 Å². The maximum Gasteiger partial charge on any atom is 0.161 e. The highest BCUT2D eigenvalue weighted by Gasteiger charge is 2.09. The SMILES string of the molecule is CC(=O)c1ccc(-c2ccncc2F)cc1Cl. The molecule has 17 heavy (non-hydrogen) atoms. The predicted molar refractivity (Wildman–Crippen MR) is 64.6 cm³/mol. The zero-order valence-corrected chi connectivity index (χ0v) is 9.83. The van der Waals surface area contributed by atoms with Crippen LogP contribution in [0.1, 0.15) is 17.3 Å². The summed E-state index contributed by atoms with van der Waals surface area (Å²) in [5.74, 6) is -0.532. The molecule has 2 rings (SSSR count). The van der Waals surface area contributed by atoms with E-state index in [0.717, 1.165) is 6.20 Å². The molecular formula is C13H9ClFNO. The number of ketones is 1. The summed E-state index contributed by atoms with van der Waals surface area (Å²) < 4.78 is 13.5. The number of benzene rings is 1. The standard InChI is InChI=1S/C13H9ClFNO/c1-8(17)10-3-2-9(6-12(10)14)11-4-5-16-7-13(11)15/h2-7H,1H3. The van der Waals surface area contributed by atoms with E-state index >= 15 is 0 Å². The van der Waals surface area contributed by atoms with E-state index in [4.69, 9.17) is 11.6 Å². The molecule has 0 saturated heterocycles. The topological polar surface area (TPSA) is 30.0 Å². The van der Waals surface area contributed by atoms with Gasteiger partial charge in [0.25, 0.3) is 0 Å². The van der Waals surface area contributed by atoms with Gasteiger partial charge in [0.05, 0.1) is 11.2 Å². The molecule has 0 fully saturated rings. The van der Waals surface area contributed by atoms with Gasteiger partial charge in [0.15, 0.2) is 5.78 Å². The molecule has 0 radical (unpaired) electrons. The van der Waals surface area contributed by atoms with Crippen LogP contribution in [-0.4, -0.2) is 10.8 Å². The number of hydrogen-bond donors (Lipinski definition) is 0. The monoisotopic (exact) mass is 249 g/mol. The van der Waals surface area contributed by atoms with Gasteiger partial charge in [-0.2, -0.15) is 0 Å². The Morgan fingerprint density at radius 3 is 2.71 bits per heavy atom. The van der Waals surface area contributed by atoms with Crippen LogP contribution in [-0.2, 0) is 0 Å². The summed E-state index contributed by atoms with van der Waals surface area (Å²) >= 11 is 5.97. The van der Waals surface area contributed by atoms with Gasteiger partial charge in [-0.05, 0) is 30.7 Å². The van der Waals surface area contributed by atoms with Crippen LogP contribution >= 0.6 is 11.6 Å². The van der Waals surface area contributed by atoms with Crippen molar-refractivity contribution in [3.63, 3.8) is 0 Å². The number of pyridine rings is 1. The molecule has 2 aromatic rings. The van der Waals surface area contributed by atoms with Crippen LogP contribution < -0.4 is 0 Å². The highest BCUT2D eigenvalue weighted by molar-refractivity contribution is 6.34. The van der Waals surface area contributed by atoms with Crippen molar-refractivity contribution >= 4 is 17.4 Å².